The third kappa shape index (κ3) is 2.91. The number of Topliss-reactive ketones (excluding diaryl/α,β-unsaturated/α-hetero) is 1. The van der Waals surface area contributed by atoms with E-state index in [1.165, 1.54) is 6.92 Å². The highest BCUT2D eigenvalue weighted by atomic mass is 16.1. The number of rotatable bonds is 3. The first-order valence-corrected chi connectivity index (χ1v) is 4.96. The van der Waals surface area contributed by atoms with Gasteiger partial charge in [-0.2, -0.15) is 0 Å². The zero-order valence-corrected chi connectivity index (χ0v) is 9.26. The van der Waals surface area contributed by atoms with Crippen LogP contribution in [0.2, 0.25) is 0 Å². The quantitative estimate of drug-likeness (QED) is 0.771. The van der Waals surface area contributed by atoms with E-state index in [9.17, 15) is 9.59 Å². The van der Waals surface area contributed by atoms with E-state index in [2.05, 4.69) is 5.32 Å². The number of nitrogens with one attached hydrogen (secondary N) is 1. The standard InChI is InChI=1S/C12H15NO2/c1-4-12(15)11-6-5-10(7-8(11)2)13-9(3)14/h5-7H,4H2,1-3H3,(H,13,14). The van der Waals surface area contributed by atoms with Gasteiger partial charge in [-0.05, 0) is 30.7 Å². The molecule has 0 saturated carbocycles. The van der Waals surface area contributed by atoms with Gasteiger partial charge in [0.15, 0.2) is 5.78 Å². The fraction of sp³-hybridized carbons (Fsp3) is 0.333. The lowest BCUT2D eigenvalue weighted by Gasteiger charge is -2.07. The second-order valence-electron chi connectivity index (χ2n) is 3.49. The predicted molar refractivity (Wildman–Crippen MR) is 60.1 cm³/mol. The fourth-order valence-corrected chi connectivity index (χ4v) is 1.45. The van der Waals surface area contributed by atoms with Gasteiger partial charge in [-0.3, -0.25) is 9.59 Å². The maximum absolute atomic E-state index is 11.5. The second kappa shape index (κ2) is 4.73. The molecular formula is C12H15NO2. The van der Waals surface area contributed by atoms with Gasteiger partial charge in [0.25, 0.3) is 0 Å². The summed E-state index contributed by atoms with van der Waals surface area (Å²) >= 11 is 0. The van der Waals surface area contributed by atoms with E-state index < -0.39 is 0 Å². The van der Waals surface area contributed by atoms with E-state index in [0.717, 1.165) is 16.8 Å². The van der Waals surface area contributed by atoms with Crippen molar-refractivity contribution in [2.45, 2.75) is 27.2 Å². The van der Waals surface area contributed by atoms with Crippen LogP contribution >= 0.6 is 0 Å². The van der Waals surface area contributed by atoms with Gasteiger partial charge in [-0.25, -0.2) is 0 Å². The van der Waals surface area contributed by atoms with Gasteiger partial charge in [-0.1, -0.05) is 6.92 Å². The van der Waals surface area contributed by atoms with Crippen molar-refractivity contribution >= 4 is 17.4 Å². The molecule has 3 nitrogen and oxygen atoms in total. The highest BCUT2D eigenvalue weighted by Gasteiger charge is 2.07. The van der Waals surface area contributed by atoms with Crippen molar-refractivity contribution in [3.63, 3.8) is 0 Å². The van der Waals surface area contributed by atoms with E-state index in [4.69, 9.17) is 0 Å². The molecule has 0 atom stereocenters. The number of hydrogen-bond donors (Lipinski definition) is 1. The molecule has 0 bridgehead atoms. The first-order valence-electron chi connectivity index (χ1n) is 4.96. The Bertz CT molecular complexity index is 397. The lowest BCUT2D eigenvalue weighted by Crippen LogP contribution is -2.07. The van der Waals surface area contributed by atoms with Crippen LogP contribution in [0.3, 0.4) is 0 Å². The Morgan fingerprint density at radius 3 is 2.47 bits per heavy atom. The Morgan fingerprint density at radius 2 is 2.00 bits per heavy atom. The summed E-state index contributed by atoms with van der Waals surface area (Å²) < 4.78 is 0. The Hall–Kier alpha value is -1.64. The number of benzene rings is 1. The van der Waals surface area contributed by atoms with E-state index in [1.54, 1.807) is 12.1 Å². The number of hydrogen-bond acceptors (Lipinski definition) is 2. The Morgan fingerprint density at radius 1 is 1.33 bits per heavy atom. The third-order valence-corrected chi connectivity index (χ3v) is 2.17. The number of ketones is 1. The number of anilines is 1. The van der Waals surface area contributed by atoms with E-state index >= 15 is 0 Å². The normalized spacial score (nSPS) is 9.80. The second-order valence-corrected chi connectivity index (χ2v) is 3.49. The smallest absolute Gasteiger partial charge is 0.221 e. The van der Waals surface area contributed by atoms with Crippen LogP contribution in [-0.4, -0.2) is 11.7 Å². The molecule has 1 aromatic rings. The van der Waals surface area contributed by atoms with Crippen LogP contribution in [0.5, 0.6) is 0 Å². The molecule has 1 rings (SSSR count). The molecule has 0 heterocycles. The van der Waals surface area contributed by atoms with E-state index in [1.807, 2.05) is 19.9 Å². The molecule has 0 saturated heterocycles. The molecule has 0 aromatic heterocycles. The molecule has 0 aliphatic heterocycles. The van der Waals surface area contributed by atoms with E-state index in [0.29, 0.717) is 6.42 Å². The van der Waals surface area contributed by atoms with Gasteiger partial charge >= 0.3 is 0 Å². The minimum Gasteiger partial charge on any atom is -0.326 e. The molecule has 0 fully saturated rings. The van der Waals surface area contributed by atoms with E-state index in [-0.39, 0.29) is 11.7 Å². The molecule has 0 radical (unpaired) electrons. The summed E-state index contributed by atoms with van der Waals surface area (Å²) in [7, 11) is 0. The average Bonchev–Trinajstić information content (AvgIpc) is 2.16. The summed E-state index contributed by atoms with van der Waals surface area (Å²) in [6, 6.07) is 5.31. The molecule has 0 unspecified atom stereocenters. The number of aryl methyl sites for hydroxylation is 1. The van der Waals surface area contributed by atoms with Crippen LogP contribution in [-0.2, 0) is 4.79 Å². The zero-order chi connectivity index (χ0) is 11.4. The van der Waals surface area contributed by atoms with Crippen molar-refractivity contribution < 1.29 is 9.59 Å². The van der Waals surface area contributed by atoms with Crippen molar-refractivity contribution in [3.8, 4) is 0 Å². The molecule has 80 valence electrons. The van der Waals surface area contributed by atoms with Crippen molar-refractivity contribution in [2.24, 2.45) is 0 Å². The molecular weight excluding hydrogens is 190 g/mol. The van der Waals surface area contributed by atoms with Crippen molar-refractivity contribution in [3.05, 3.63) is 29.3 Å². The van der Waals surface area contributed by atoms with Crippen LogP contribution in [0.1, 0.15) is 36.2 Å². The van der Waals surface area contributed by atoms with Crippen LogP contribution in [0.25, 0.3) is 0 Å². The number of carbonyl (C=O) groups is 2. The van der Waals surface area contributed by atoms with Gasteiger partial charge < -0.3 is 5.32 Å². The highest BCUT2D eigenvalue weighted by Crippen LogP contribution is 2.16. The van der Waals surface area contributed by atoms with Gasteiger partial charge in [0.1, 0.15) is 0 Å². The monoisotopic (exact) mass is 205 g/mol. The lowest BCUT2D eigenvalue weighted by molar-refractivity contribution is -0.114. The summed E-state index contributed by atoms with van der Waals surface area (Å²) in [6.07, 6.45) is 0.500. The number of carbonyl (C=O) groups excluding carboxylic acids is 2. The first-order chi connectivity index (χ1) is 7.04. The minimum atomic E-state index is -0.107. The highest BCUT2D eigenvalue weighted by molar-refractivity contribution is 5.98. The van der Waals surface area contributed by atoms with Crippen LogP contribution in [0.15, 0.2) is 18.2 Å². The molecule has 1 aromatic carbocycles. The van der Waals surface area contributed by atoms with Gasteiger partial charge in [0.05, 0.1) is 0 Å². The Labute approximate surface area is 89.5 Å². The first kappa shape index (κ1) is 11.4. The van der Waals surface area contributed by atoms with Gasteiger partial charge in [-0.15, -0.1) is 0 Å². The molecule has 1 amide bonds. The van der Waals surface area contributed by atoms with Crippen LogP contribution in [0, 0.1) is 6.92 Å². The Balaban J connectivity index is 2.97. The third-order valence-electron chi connectivity index (χ3n) is 2.17. The summed E-state index contributed by atoms with van der Waals surface area (Å²) in [4.78, 5) is 22.3. The summed E-state index contributed by atoms with van der Waals surface area (Å²) in [5.41, 5.74) is 2.35. The maximum Gasteiger partial charge on any atom is 0.221 e. The lowest BCUT2D eigenvalue weighted by atomic mass is 10.0. The summed E-state index contributed by atoms with van der Waals surface area (Å²) in [6.45, 7) is 5.16. The Kier molecular flexibility index (Phi) is 3.61. The summed E-state index contributed by atoms with van der Waals surface area (Å²) in [5.74, 6) is 0.0193. The molecule has 15 heavy (non-hydrogen) atoms. The van der Waals surface area contributed by atoms with Crippen molar-refractivity contribution in [2.75, 3.05) is 5.32 Å². The van der Waals surface area contributed by atoms with Gasteiger partial charge in [0.2, 0.25) is 5.91 Å². The fourth-order valence-electron chi connectivity index (χ4n) is 1.45. The van der Waals surface area contributed by atoms with Crippen molar-refractivity contribution in [1.82, 2.24) is 0 Å². The molecule has 0 aliphatic carbocycles. The molecule has 0 spiro atoms. The van der Waals surface area contributed by atoms with Gasteiger partial charge in [0, 0.05) is 24.6 Å². The van der Waals surface area contributed by atoms with Crippen LogP contribution < -0.4 is 5.32 Å². The summed E-state index contributed by atoms with van der Waals surface area (Å²) in [5, 5.41) is 2.68. The maximum atomic E-state index is 11.5. The molecule has 3 heteroatoms. The zero-order valence-electron chi connectivity index (χ0n) is 9.26. The topological polar surface area (TPSA) is 46.2 Å². The number of amides is 1. The molecule has 0 aliphatic rings. The van der Waals surface area contributed by atoms with Crippen LogP contribution in [0.4, 0.5) is 5.69 Å². The SMILES string of the molecule is CCC(=O)c1ccc(NC(C)=O)cc1C. The predicted octanol–water partition coefficient (Wildman–Crippen LogP) is 2.55. The average molecular weight is 205 g/mol. The van der Waals surface area contributed by atoms with Crippen molar-refractivity contribution in [1.29, 1.82) is 0 Å². The minimum absolute atomic E-state index is 0.107. The molecule has 1 N–H and O–H groups in total. The largest absolute Gasteiger partial charge is 0.326 e.